The van der Waals surface area contributed by atoms with Crippen molar-refractivity contribution in [3.05, 3.63) is 33.4 Å². The maximum atomic E-state index is 11.3. The minimum atomic E-state index is -0.404. The van der Waals surface area contributed by atoms with Crippen molar-refractivity contribution in [2.45, 2.75) is 0 Å². The monoisotopic (exact) mass is 287 g/mol. The Hall–Kier alpha value is -1.00. The summed E-state index contributed by atoms with van der Waals surface area (Å²) in [4.78, 5) is 14.2. The molecule has 2 rings (SSSR count). The van der Waals surface area contributed by atoms with Crippen LogP contribution in [0.15, 0.2) is 22.7 Å². The van der Waals surface area contributed by atoms with Crippen LogP contribution in [-0.4, -0.2) is 18.1 Å². The molecule has 1 heterocycles. The van der Waals surface area contributed by atoms with Gasteiger partial charge in [0.15, 0.2) is 0 Å². The fourth-order valence-corrected chi connectivity index (χ4v) is 1.93. The van der Waals surface area contributed by atoms with Crippen LogP contribution in [0.5, 0.6) is 0 Å². The van der Waals surface area contributed by atoms with Gasteiger partial charge >= 0.3 is 5.97 Å². The molecule has 78 valence electrons. The van der Waals surface area contributed by atoms with Gasteiger partial charge in [0.1, 0.15) is 5.69 Å². The molecule has 0 saturated carbocycles. The van der Waals surface area contributed by atoms with Crippen LogP contribution in [0.4, 0.5) is 0 Å². The molecule has 3 nitrogen and oxygen atoms in total. The first-order valence-electron chi connectivity index (χ1n) is 4.18. The third-order valence-corrected chi connectivity index (χ3v) is 3.39. The summed E-state index contributed by atoms with van der Waals surface area (Å²) >= 11 is 9.39. The lowest BCUT2D eigenvalue weighted by atomic mass is 10.2. The third kappa shape index (κ3) is 1.75. The van der Waals surface area contributed by atoms with E-state index in [1.807, 2.05) is 12.1 Å². The Balaban J connectivity index is 2.66. The smallest absolute Gasteiger partial charge is 0.354 e. The molecule has 1 aromatic carbocycles. The molecule has 0 aliphatic carbocycles. The van der Waals surface area contributed by atoms with Crippen molar-refractivity contribution in [1.29, 1.82) is 0 Å². The van der Waals surface area contributed by atoms with E-state index in [9.17, 15) is 4.79 Å². The second kappa shape index (κ2) is 3.87. The number of fused-ring (bicyclic) bond motifs is 1. The van der Waals surface area contributed by atoms with E-state index in [1.54, 1.807) is 6.07 Å². The molecule has 0 fully saturated rings. The van der Waals surface area contributed by atoms with Crippen molar-refractivity contribution in [3.8, 4) is 0 Å². The number of ether oxygens (including phenoxy) is 1. The van der Waals surface area contributed by atoms with E-state index in [-0.39, 0.29) is 0 Å². The molecule has 0 radical (unpaired) electrons. The summed E-state index contributed by atoms with van der Waals surface area (Å²) in [7, 11) is 1.34. The summed E-state index contributed by atoms with van der Waals surface area (Å²) in [6.45, 7) is 0. The number of hydrogen-bond donors (Lipinski definition) is 1. The van der Waals surface area contributed by atoms with Gasteiger partial charge in [-0.1, -0.05) is 11.6 Å². The zero-order valence-corrected chi connectivity index (χ0v) is 10.1. The number of benzene rings is 1. The number of carbonyl (C=O) groups excluding carboxylic acids is 1. The number of H-pyrrole nitrogens is 1. The Kier molecular flexibility index (Phi) is 2.71. The number of nitrogens with one attached hydrogen (secondary N) is 1. The topological polar surface area (TPSA) is 42.1 Å². The molecule has 0 spiro atoms. The Morgan fingerprint density at radius 1 is 1.53 bits per heavy atom. The van der Waals surface area contributed by atoms with Crippen LogP contribution in [-0.2, 0) is 4.74 Å². The average molecular weight is 289 g/mol. The van der Waals surface area contributed by atoms with Crippen LogP contribution in [0.2, 0.25) is 5.02 Å². The molecule has 0 amide bonds. The highest BCUT2D eigenvalue weighted by atomic mass is 79.9. The first kappa shape index (κ1) is 10.5. The summed E-state index contributed by atoms with van der Waals surface area (Å²) in [5.74, 6) is -0.404. The zero-order valence-electron chi connectivity index (χ0n) is 7.80. The number of carbonyl (C=O) groups is 1. The molecule has 5 heteroatoms. The minimum absolute atomic E-state index is 0.396. The highest BCUT2D eigenvalue weighted by molar-refractivity contribution is 9.10. The molecule has 0 bridgehead atoms. The number of methoxy groups -OCH3 is 1. The Labute approximate surface area is 99.5 Å². The fraction of sp³-hybridized carbons (Fsp3) is 0.100. The highest BCUT2D eigenvalue weighted by Gasteiger charge is 2.12. The maximum Gasteiger partial charge on any atom is 0.354 e. The predicted octanol–water partition coefficient (Wildman–Crippen LogP) is 3.37. The fourth-order valence-electron chi connectivity index (χ4n) is 1.36. The van der Waals surface area contributed by atoms with E-state index in [2.05, 4.69) is 25.7 Å². The lowest BCUT2D eigenvalue weighted by Crippen LogP contribution is -2.00. The van der Waals surface area contributed by atoms with Crippen molar-refractivity contribution in [3.63, 3.8) is 0 Å². The maximum absolute atomic E-state index is 11.3. The van der Waals surface area contributed by atoms with E-state index in [4.69, 9.17) is 11.6 Å². The van der Waals surface area contributed by atoms with Gasteiger partial charge < -0.3 is 9.72 Å². The molecule has 15 heavy (non-hydrogen) atoms. The van der Waals surface area contributed by atoms with Crippen molar-refractivity contribution in [2.24, 2.45) is 0 Å². The SMILES string of the molecule is COC(=O)c1cc2c(Cl)c(Br)ccc2[nH]1. The van der Waals surface area contributed by atoms with E-state index < -0.39 is 5.97 Å². The number of aromatic nitrogens is 1. The quantitative estimate of drug-likeness (QED) is 0.818. The number of aromatic amines is 1. The van der Waals surface area contributed by atoms with Crippen LogP contribution >= 0.6 is 27.5 Å². The number of hydrogen-bond acceptors (Lipinski definition) is 2. The van der Waals surface area contributed by atoms with Crippen molar-refractivity contribution in [2.75, 3.05) is 7.11 Å². The average Bonchev–Trinajstić information content (AvgIpc) is 2.67. The molecule has 0 atom stereocenters. The van der Waals surface area contributed by atoms with Gasteiger partial charge in [-0.25, -0.2) is 4.79 Å². The standard InChI is InChI=1S/C10H7BrClNO2/c1-15-10(14)8-4-5-7(13-8)3-2-6(11)9(5)12/h2-4,13H,1H3. The number of esters is 1. The first-order valence-corrected chi connectivity index (χ1v) is 5.35. The number of rotatable bonds is 1. The van der Waals surface area contributed by atoms with Gasteiger partial charge in [-0.15, -0.1) is 0 Å². The van der Waals surface area contributed by atoms with Crippen LogP contribution in [0.1, 0.15) is 10.5 Å². The molecule has 0 unspecified atom stereocenters. The van der Waals surface area contributed by atoms with Gasteiger partial charge in [-0.3, -0.25) is 0 Å². The second-order valence-corrected chi connectivity index (χ2v) is 4.23. The van der Waals surface area contributed by atoms with Gasteiger partial charge in [-0.2, -0.15) is 0 Å². The van der Waals surface area contributed by atoms with Crippen LogP contribution < -0.4 is 0 Å². The summed E-state index contributed by atoms with van der Waals surface area (Å²) in [5, 5.41) is 1.38. The molecule has 0 aliphatic rings. The Morgan fingerprint density at radius 2 is 2.27 bits per heavy atom. The van der Waals surface area contributed by atoms with Gasteiger partial charge in [-0.05, 0) is 34.1 Å². The van der Waals surface area contributed by atoms with Crippen molar-refractivity contribution >= 4 is 44.4 Å². The minimum Gasteiger partial charge on any atom is -0.464 e. The Morgan fingerprint density at radius 3 is 2.93 bits per heavy atom. The van der Waals surface area contributed by atoms with Crippen molar-refractivity contribution in [1.82, 2.24) is 4.98 Å². The van der Waals surface area contributed by atoms with Gasteiger partial charge in [0.25, 0.3) is 0 Å². The largest absolute Gasteiger partial charge is 0.464 e. The predicted molar refractivity (Wildman–Crippen MR) is 62.3 cm³/mol. The van der Waals surface area contributed by atoms with E-state index in [1.165, 1.54) is 7.11 Å². The second-order valence-electron chi connectivity index (χ2n) is 3.00. The van der Waals surface area contributed by atoms with E-state index >= 15 is 0 Å². The summed E-state index contributed by atoms with van der Waals surface area (Å²) in [6, 6.07) is 5.34. The summed E-state index contributed by atoms with van der Waals surface area (Å²) < 4.78 is 5.41. The summed E-state index contributed by atoms with van der Waals surface area (Å²) in [5.41, 5.74) is 1.20. The number of halogens is 2. The molecule has 0 saturated heterocycles. The third-order valence-electron chi connectivity index (χ3n) is 2.10. The van der Waals surface area contributed by atoms with E-state index in [0.717, 1.165) is 15.4 Å². The molecular formula is C10H7BrClNO2. The van der Waals surface area contributed by atoms with Crippen LogP contribution in [0.25, 0.3) is 10.9 Å². The lowest BCUT2D eigenvalue weighted by molar-refractivity contribution is 0.0595. The van der Waals surface area contributed by atoms with Crippen molar-refractivity contribution < 1.29 is 9.53 Å². The van der Waals surface area contributed by atoms with Gasteiger partial charge in [0, 0.05) is 15.4 Å². The zero-order chi connectivity index (χ0) is 11.0. The van der Waals surface area contributed by atoms with Crippen LogP contribution in [0, 0.1) is 0 Å². The Bertz CT molecular complexity index is 535. The van der Waals surface area contributed by atoms with Gasteiger partial charge in [0.2, 0.25) is 0 Å². The molecule has 1 aromatic heterocycles. The molecule has 0 aliphatic heterocycles. The molecule has 2 aromatic rings. The molecule has 1 N–H and O–H groups in total. The normalized spacial score (nSPS) is 10.6. The lowest BCUT2D eigenvalue weighted by Gasteiger charge is -1.95. The highest BCUT2D eigenvalue weighted by Crippen LogP contribution is 2.31. The van der Waals surface area contributed by atoms with Gasteiger partial charge in [0.05, 0.1) is 12.1 Å². The summed E-state index contributed by atoms with van der Waals surface area (Å²) in [6.07, 6.45) is 0. The van der Waals surface area contributed by atoms with E-state index in [0.29, 0.717) is 10.7 Å². The first-order chi connectivity index (χ1) is 7.13. The molecular weight excluding hydrogens is 281 g/mol. The van der Waals surface area contributed by atoms with Crippen LogP contribution in [0.3, 0.4) is 0 Å².